The molecule has 0 radical (unpaired) electrons. The minimum absolute atomic E-state index is 0.289. The SMILES string of the molecule is CN1CCN(CCNc2nc(NCCc3ccc(O)cc3)nc3ccccc23)CC1. The first-order chi connectivity index (χ1) is 14.7. The zero-order valence-corrected chi connectivity index (χ0v) is 17.5. The van der Waals surface area contributed by atoms with Gasteiger partial charge < -0.3 is 20.6 Å². The van der Waals surface area contributed by atoms with Crippen molar-refractivity contribution < 1.29 is 5.11 Å². The van der Waals surface area contributed by atoms with Crippen LogP contribution in [0.5, 0.6) is 5.75 Å². The fourth-order valence-corrected chi connectivity index (χ4v) is 3.68. The number of hydrogen-bond donors (Lipinski definition) is 3. The zero-order chi connectivity index (χ0) is 20.8. The Kier molecular flexibility index (Phi) is 6.61. The predicted octanol–water partition coefficient (Wildman–Crippen LogP) is 2.65. The van der Waals surface area contributed by atoms with Crippen LogP contribution in [-0.4, -0.2) is 77.7 Å². The van der Waals surface area contributed by atoms with Gasteiger partial charge in [-0.2, -0.15) is 4.98 Å². The van der Waals surface area contributed by atoms with Crippen LogP contribution >= 0.6 is 0 Å². The van der Waals surface area contributed by atoms with Crippen LogP contribution < -0.4 is 10.6 Å². The van der Waals surface area contributed by atoms with Crippen molar-refractivity contribution >= 4 is 22.7 Å². The number of rotatable bonds is 8. The molecule has 1 fully saturated rings. The summed E-state index contributed by atoms with van der Waals surface area (Å²) in [6.07, 6.45) is 0.836. The molecule has 0 atom stereocenters. The van der Waals surface area contributed by atoms with Gasteiger partial charge in [-0.1, -0.05) is 24.3 Å². The fourth-order valence-electron chi connectivity index (χ4n) is 3.68. The number of phenols is 1. The summed E-state index contributed by atoms with van der Waals surface area (Å²) in [6.45, 7) is 7.09. The van der Waals surface area contributed by atoms with Crippen molar-refractivity contribution in [3.8, 4) is 5.75 Å². The Balaban J connectivity index is 1.38. The van der Waals surface area contributed by atoms with Crippen molar-refractivity contribution in [3.05, 3.63) is 54.1 Å². The Bertz CT molecular complexity index is 954. The summed E-state index contributed by atoms with van der Waals surface area (Å²) >= 11 is 0. The number of hydrogen-bond acceptors (Lipinski definition) is 7. The first-order valence-electron chi connectivity index (χ1n) is 10.6. The second-order valence-corrected chi connectivity index (χ2v) is 7.83. The van der Waals surface area contributed by atoms with E-state index in [1.54, 1.807) is 12.1 Å². The maximum Gasteiger partial charge on any atom is 0.225 e. The molecule has 1 aliphatic heterocycles. The molecule has 3 aromatic rings. The van der Waals surface area contributed by atoms with Gasteiger partial charge in [-0.15, -0.1) is 0 Å². The van der Waals surface area contributed by atoms with E-state index in [0.29, 0.717) is 5.95 Å². The van der Waals surface area contributed by atoms with Crippen LogP contribution in [0.25, 0.3) is 10.9 Å². The van der Waals surface area contributed by atoms with Crippen molar-refractivity contribution in [2.24, 2.45) is 0 Å². The largest absolute Gasteiger partial charge is 0.508 e. The Morgan fingerprint density at radius 2 is 1.67 bits per heavy atom. The van der Waals surface area contributed by atoms with Gasteiger partial charge in [-0.05, 0) is 43.3 Å². The van der Waals surface area contributed by atoms with Gasteiger partial charge in [-0.3, -0.25) is 4.90 Å². The zero-order valence-electron chi connectivity index (χ0n) is 17.5. The quantitative estimate of drug-likeness (QED) is 0.531. The number of aromatic hydroxyl groups is 1. The van der Waals surface area contributed by atoms with E-state index in [2.05, 4.69) is 38.5 Å². The molecule has 158 valence electrons. The van der Waals surface area contributed by atoms with Gasteiger partial charge in [0.15, 0.2) is 0 Å². The summed E-state index contributed by atoms with van der Waals surface area (Å²) in [5.41, 5.74) is 2.09. The van der Waals surface area contributed by atoms with Crippen LogP contribution in [0.4, 0.5) is 11.8 Å². The summed E-state index contributed by atoms with van der Waals surface area (Å²) in [4.78, 5) is 14.3. The van der Waals surface area contributed by atoms with Gasteiger partial charge >= 0.3 is 0 Å². The monoisotopic (exact) mass is 406 g/mol. The van der Waals surface area contributed by atoms with Gasteiger partial charge in [0, 0.05) is 51.2 Å². The molecule has 7 heteroatoms. The molecule has 0 unspecified atom stereocenters. The number of nitrogens with zero attached hydrogens (tertiary/aromatic N) is 4. The van der Waals surface area contributed by atoms with E-state index in [1.165, 1.54) is 0 Å². The number of piperazine rings is 1. The molecule has 1 saturated heterocycles. The van der Waals surface area contributed by atoms with Crippen LogP contribution in [0.2, 0.25) is 0 Å². The lowest BCUT2D eigenvalue weighted by atomic mass is 10.1. The molecule has 0 bridgehead atoms. The van der Waals surface area contributed by atoms with E-state index < -0.39 is 0 Å². The number of benzene rings is 2. The highest BCUT2D eigenvalue weighted by Crippen LogP contribution is 2.21. The highest BCUT2D eigenvalue weighted by Gasteiger charge is 2.13. The smallest absolute Gasteiger partial charge is 0.225 e. The van der Waals surface area contributed by atoms with Crippen molar-refractivity contribution in [2.45, 2.75) is 6.42 Å². The molecule has 3 N–H and O–H groups in total. The topological polar surface area (TPSA) is 76.5 Å². The lowest BCUT2D eigenvalue weighted by Crippen LogP contribution is -2.45. The van der Waals surface area contributed by atoms with Crippen LogP contribution in [0.3, 0.4) is 0 Å². The maximum absolute atomic E-state index is 9.41. The number of fused-ring (bicyclic) bond motifs is 1. The molecule has 4 rings (SSSR count). The van der Waals surface area contributed by atoms with E-state index in [4.69, 9.17) is 4.98 Å². The van der Waals surface area contributed by atoms with Crippen molar-refractivity contribution in [2.75, 3.05) is 63.5 Å². The van der Waals surface area contributed by atoms with E-state index >= 15 is 0 Å². The molecule has 0 aliphatic carbocycles. The van der Waals surface area contributed by atoms with Gasteiger partial charge in [0.25, 0.3) is 0 Å². The minimum atomic E-state index is 0.289. The predicted molar refractivity (Wildman–Crippen MR) is 122 cm³/mol. The summed E-state index contributed by atoms with van der Waals surface area (Å²) in [5, 5.41) is 17.3. The number of nitrogens with one attached hydrogen (secondary N) is 2. The normalized spacial score (nSPS) is 15.4. The van der Waals surface area contributed by atoms with Crippen molar-refractivity contribution in [3.63, 3.8) is 0 Å². The van der Waals surface area contributed by atoms with E-state index in [0.717, 1.165) is 74.5 Å². The fraction of sp³-hybridized carbons (Fsp3) is 0.391. The Morgan fingerprint density at radius 3 is 2.47 bits per heavy atom. The number of para-hydroxylation sites is 1. The molecule has 1 aromatic heterocycles. The highest BCUT2D eigenvalue weighted by molar-refractivity contribution is 5.90. The number of phenolic OH excluding ortho intramolecular Hbond substituents is 1. The molecular formula is C23H30N6O. The third-order valence-electron chi connectivity index (χ3n) is 5.55. The van der Waals surface area contributed by atoms with Crippen molar-refractivity contribution in [1.29, 1.82) is 0 Å². The van der Waals surface area contributed by atoms with Crippen LogP contribution in [-0.2, 0) is 6.42 Å². The molecule has 0 amide bonds. The average Bonchev–Trinajstić information content (AvgIpc) is 2.76. The highest BCUT2D eigenvalue weighted by atomic mass is 16.3. The summed E-state index contributed by atoms with van der Waals surface area (Å²) in [7, 11) is 2.18. The molecule has 2 heterocycles. The van der Waals surface area contributed by atoms with Gasteiger partial charge in [-0.25, -0.2) is 4.98 Å². The first-order valence-corrected chi connectivity index (χ1v) is 10.6. The standard InChI is InChI=1S/C23H30N6O/c1-28-14-16-29(17-15-28)13-12-24-22-20-4-2-3-5-21(20)26-23(27-22)25-11-10-18-6-8-19(30)9-7-18/h2-9,30H,10-17H2,1H3,(H2,24,25,26,27). The molecule has 7 nitrogen and oxygen atoms in total. The third kappa shape index (κ3) is 5.37. The summed E-state index contributed by atoms with van der Waals surface area (Å²) in [5.74, 6) is 1.80. The third-order valence-corrected chi connectivity index (χ3v) is 5.55. The number of likely N-dealkylation sites (N-methyl/N-ethyl adjacent to an activating group) is 1. The molecule has 1 aliphatic rings. The van der Waals surface area contributed by atoms with E-state index in [1.807, 2.05) is 30.3 Å². The van der Waals surface area contributed by atoms with Crippen LogP contribution in [0.15, 0.2) is 48.5 Å². The number of anilines is 2. The first kappa shape index (κ1) is 20.4. The second-order valence-electron chi connectivity index (χ2n) is 7.83. The summed E-state index contributed by atoms with van der Waals surface area (Å²) in [6, 6.07) is 15.4. The maximum atomic E-state index is 9.41. The minimum Gasteiger partial charge on any atom is -0.508 e. The molecule has 0 spiro atoms. The number of aromatic nitrogens is 2. The van der Waals surface area contributed by atoms with Crippen molar-refractivity contribution in [1.82, 2.24) is 19.8 Å². The molecule has 2 aromatic carbocycles. The summed E-state index contributed by atoms with van der Waals surface area (Å²) < 4.78 is 0. The lowest BCUT2D eigenvalue weighted by Gasteiger charge is -2.32. The second kappa shape index (κ2) is 9.73. The van der Waals surface area contributed by atoms with E-state index in [9.17, 15) is 5.11 Å². The van der Waals surface area contributed by atoms with Crippen LogP contribution in [0, 0.1) is 0 Å². The average molecular weight is 407 g/mol. The molecule has 30 heavy (non-hydrogen) atoms. The molecule has 0 saturated carbocycles. The lowest BCUT2D eigenvalue weighted by molar-refractivity contribution is 0.158. The molecular weight excluding hydrogens is 376 g/mol. The Labute approximate surface area is 177 Å². The van der Waals surface area contributed by atoms with Gasteiger partial charge in [0.1, 0.15) is 11.6 Å². The Morgan fingerprint density at radius 1 is 0.900 bits per heavy atom. The Hall–Kier alpha value is -2.90. The van der Waals surface area contributed by atoms with E-state index in [-0.39, 0.29) is 5.75 Å². The van der Waals surface area contributed by atoms with Crippen LogP contribution in [0.1, 0.15) is 5.56 Å². The van der Waals surface area contributed by atoms with Gasteiger partial charge in [0.2, 0.25) is 5.95 Å². The van der Waals surface area contributed by atoms with Gasteiger partial charge in [0.05, 0.1) is 5.52 Å².